The lowest BCUT2D eigenvalue weighted by atomic mass is 10.0. The zero-order valence-corrected chi connectivity index (χ0v) is 25.1. The first-order valence-electron chi connectivity index (χ1n) is 13.9. The Labute approximate surface area is 242 Å². The van der Waals surface area contributed by atoms with Crippen LogP contribution < -0.4 is 15.5 Å². The number of hydrogen-bond donors (Lipinski definition) is 0. The number of nitrogens with zero attached hydrogens (tertiary/aromatic N) is 2. The van der Waals surface area contributed by atoms with Crippen LogP contribution in [0, 0.1) is 41.5 Å². The Hall–Kier alpha value is -3.38. The molecule has 1 saturated heterocycles. The van der Waals surface area contributed by atoms with Gasteiger partial charge in [-0.15, -0.1) is 0 Å². The van der Waals surface area contributed by atoms with Crippen molar-refractivity contribution in [2.75, 3.05) is 4.90 Å². The van der Waals surface area contributed by atoms with Crippen LogP contribution in [0.25, 0.3) is 0 Å². The van der Waals surface area contributed by atoms with E-state index >= 15 is 8.63 Å². The van der Waals surface area contributed by atoms with Gasteiger partial charge in [-0.05, 0) is 74.4 Å². The van der Waals surface area contributed by atoms with Crippen molar-refractivity contribution in [2.45, 2.75) is 54.0 Å². The first-order chi connectivity index (χ1) is 19.6. The summed E-state index contributed by atoms with van der Waals surface area (Å²) >= 11 is 0. The van der Waals surface area contributed by atoms with E-state index in [1.54, 1.807) is 0 Å². The van der Waals surface area contributed by atoms with Crippen LogP contribution in [-0.2, 0) is 9.31 Å². The number of aryl methyl sites for hydroxylation is 6. The number of amidine groups is 1. The van der Waals surface area contributed by atoms with Gasteiger partial charge in [0, 0.05) is 0 Å². The summed E-state index contributed by atoms with van der Waals surface area (Å²) < 4.78 is 43.4. The average Bonchev–Trinajstić information content (AvgIpc) is 3.35. The van der Waals surface area contributed by atoms with Crippen molar-refractivity contribution in [2.24, 2.45) is 0 Å². The molecule has 1 fully saturated rings. The molecule has 210 valence electrons. The van der Waals surface area contributed by atoms with Crippen LogP contribution in [0.5, 0.6) is 0 Å². The summed E-state index contributed by atoms with van der Waals surface area (Å²) in [7, 11) is -5.70. The summed E-state index contributed by atoms with van der Waals surface area (Å²) in [6.07, 6.45) is -2.06. The molecule has 2 aliphatic heterocycles. The Bertz CT molecular complexity index is 1580. The van der Waals surface area contributed by atoms with Crippen molar-refractivity contribution in [1.82, 2.24) is 0 Å². The quantitative estimate of drug-likeness (QED) is 0.143. The van der Waals surface area contributed by atoms with Crippen molar-refractivity contribution >= 4 is 42.6 Å². The second kappa shape index (κ2) is 10.5. The molecular formula is C33H34BF2N2O2P. The molecule has 4 aromatic carbocycles. The van der Waals surface area contributed by atoms with E-state index in [1.807, 2.05) is 73.6 Å². The maximum absolute atomic E-state index is 15.1. The molecule has 4 nitrogen and oxygen atoms in total. The monoisotopic (exact) mass is 570 g/mol. The van der Waals surface area contributed by atoms with Gasteiger partial charge in [-0.1, -0.05) is 96.1 Å². The fourth-order valence-corrected chi connectivity index (χ4v) is 9.08. The van der Waals surface area contributed by atoms with Crippen LogP contribution in [-0.4, -0.2) is 29.7 Å². The minimum absolute atomic E-state index is 0.877. The molecule has 0 amide bonds. The first kappa shape index (κ1) is 27.8. The molecule has 0 radical (unpaired) electrons. The molecule has 0 aromatic heterocycles. The van der Waals surface area contributed by atoms with E-state index in [-0.39, 0.29) is 0 Å². The van der Waals surface area contributed by atoms with Crippen LogP contribution in [0.4, 0.5) is 20.0 Å². The van der Waals surface area contributed by atoms with E-state index in [2.05, 4.69) is 62.4 Å². The maximum atomic E-state index is 15.1. The maximum Gasteiger partial charge on any atom is 0.607 e. The summed E-state index contributed by atoms with van der Waals surface area (Å²) in [5, 5.41) is 2.22. The first-order valence-corrected chi connectivity index (χ1v) is 15.3. The third kappa shape index (κ3) is 4.90. The van der Waals surface area contributed by atoms with E-state index in [0.29, 0.717) is 0 Å². The minimum atomic E-state index is -4.47. The lowest BCUT2D eigenvalue weighted by molar-refractivity contribution is -0.522. The standard InChI is InChI=1S/C33H34BF2N2O2P/c1-21-17-23(3)29(24(4)18-21)37-31-32(40-34(35,36)39-31)38(30-25(5)19-22(2)20-26(30)6)33(37)41(27-13-9-7-10-14-27)28-15-11-8-12-16-28/h7-20,31-32H,1-6H3/t31-,32+. The highest BCUT2D eigenvalue weighted by atomic mass is 31.1. The highest BCUT2D eigenvalue weighted by Crippen LogP contribution is 2.50. The van der Waals surface area contributed by atoms with Gasteiger partial charge in [-0.25, -0.2) is 0 Å². The Kier molecular flexibility index (Phi) is 7.09. The van der Waals surface area contributed by atoms with E-state index < -0.39 is 27.5 Å². The lowest BCUT2D eigenvalue weighted by Crippen LogP contribution is -2.42. The zero-order chi connectivity index (χ0) is 29.1. The Balaban J connectivity index is 1.76. The van der Waals surface area contributed by atoms with Crippen molar-refractivity contribution in [3.63, 3.8) is 0 Å². The molecule has 0 spiro atoms. The fourth-order valence-electron chi connectivity index (χ4n) is 6.52. The molecule has 0 aliphatic carbocycles. The summed E-state index contributed by atoms with van der Waals surface area (Å²) in [5.41, 5.74) is 8.89. The Morgan fingerprint density at radius 1 is 0.683 bits per heavy atom. The summed E-state index contributed by atoms with van der Waals surface area (Å²) in [5.74, 6) is 0. The number of hydrogen-bond acceptors (Lipinski definition) is 3. The van der Waals surface area contributed by atoms with Gasteiger partial charge < -0.3 is 17.9 Å². The van der Waals surface area contributed by atoms with Gasteiger partial charge in [0.05, 0.1) is 7.92 Å². The number of rotatable bonds is 5. The van der Waals surface area contributed by atoms with Gasteiger partial charge >= 0.3 is 7.11 Å². The third-order valence-electron chi connectivity index (χ3n) is 7.76. The summed E-state index contributed by atoms with van der Waals surface area (Å²) in [4.78, 5) is 2.02. The second-order valence-electron chi connectivity index (χ2n) is 11.1. The predicted octanol–water partition coefficient (Wildman–Crippen LogP) is 7.26. The molecule has 0 bridgehead atoms. The smallest absolute Gasteiger partial charge is 0.470 e. The number of benzene rings is 4. The third-order valence-corrected chi connectivity index (χ3v) is 10.2. The number of anilines is 1. The molecule has 4 aromatic rings. The normalized spacial score (nSPS) is 19.8. The fraction of sp³-hybridized carbons (Fsp3) is 0.242. The van der Waals surface area contributed by atoms with Crippen molar-refractivity contribution in [3.05, 3.63) is 118 Å². The molecule has 2 atom stereocenters. The number of halogens is 2. The Morgan fingerprint density at radius 3 is 1.63 bits per heavy atom. The molecule has 0 unspecified atom stereocenters. The van der Waals surface area contributed by atoms with Gasteiger partial charge in [0.25, 0.3) is 5.58 Å². The topological polar surface area (TPSA) is 24.7 Å². The molecule has 6 rings (SSSR count). The molecule has 0 saturated carbocycles. The number of fused-ring (bicyclic) bond motifs is 1. The van der Waals surface area contributed by atoms with Gasteiger partial charge in [-0.3, -0.25) is 0 Å². The van der Waals surface area contributed by atoms with Crippen LogP contribution in [0.1, 0.15) is 33.4 Å². The van der Waals surface area contributed by atoms with Crippen LogP contribution in [0.3, 0.4) is 0 Å². The molecule has 41 heavy (non-hydrogen) atoms. The van der Waals surface area contributed by atoms with Gasteiger partial charge in [0.1, 0.15) is 11.4 Å². The van der Waals surface area contributed by atoms with Crippen molar-refractivity contribution < 1.29 is 22.5 Å². The largest absolute Gasteiger partial charge is 0.607 e. The zero-order valence-electron chi connectivity index (χ0n) is 24.2. The van der Waals surface area contributed by atoms with Crippen LogP contribution in [0.15, 0.2) is 84.9 Å². The van der Waals surface area contributed by atoms with E-state index in [1.165, 1.54) is 0 Å². The van der Waals surface area contributed by atoms with Gasteiger partial charge in [0.15, 0.2) is 0 Å². The van der Waals surface area contributed by atoms with Crippen LogP contribution in [0.2, 0.25) is 0 Å². The van der Waals surface area contributed by atoms with Crippen LogP contribution >= 0.6 is 7.92 Å². The van der Waals surface area contributed by atoms with E-state index in [4.69, 9.17) is 9.31 Å². The average molecular weight is 570 g/mol. The molecule has 2 aliphatic rings. The van der Waals surface area contributed by atoms with Crippen molar-refractivity contribution in [3.8, 4) is 0 Å². The predicted molar refractivity (Wildman–Crippen MR) is 166 cm³/mol. The summed E-state index contributed by atoms with van der Waals surface area (Å²) in [6.45, 7) is 12.3. The highest BCUT2D eigenvalue weighted by Gasteiger charge is 2.62. The lowest BCUT2D eigenvalue weighted by Gasteiger charge is -2.29. The molecular weight excluding hydrogens is 536 g/mol. The molecule has 0 N–H and O–H groups in total. The van der Waals surface area contributed by atoms with Gasteiger partial charge in [-0.2, -0.15) is 9.48 Å². The van der Waals surface area contributed by atoms with Gasteiger partial charge in [0.2, 0.25) is 12.5 Å². The molecule has 2 heterocycles. The highest BCUT2D eigenvalue weighted by molar-refractivity contribution is 7.88. The SMILES string of the molecule is Cc1cc(C)c(N2C(P(c3ccccc3)c3ccccc3)=[N+](c3c(C)cc(C)cc3C)[C@H]3O[B-](F)(F)O[C@H]32)c(C)c1. The summed E-state index contributed by atoms with van der Waals surface area (Å²) in [6, 6.07) is 29.1. The van der Waals surface area contributed by atoms with E-state index in [0.717, 1.165) is 60.9 Å². The van der Waals surface area contributed by atoms with E-state index in [9.17, 15) is 0 Å². The minimum Gasteiger partial charge on any atom is -0.470 e. The Morgan fingerprint density at radius 2 is 1.15 bits per heavy atom. The second-order valence-corrected chi connectivity index (χ2v) is 13.2. The molecule has 8 heteroatoms. The van der Waals surface area contributed by atoms with Crippen molar-refractivity contribution in [1.29, 1.82) is 0 Å².